The molecule has 4 nitrogen and oxygen atoms in total. The van der Waals surface area contributed by atoms with E-state index in [1.54, 1.807) is 4.68 Å². The Morgan fingerprint density at radius 3 is 2.71 bits per heavy atom. The van der Waals surface area contributed by atoms with Gasteiger partial charge in [-0.1, -0.05) is 32.9 Å². The summed E-state index contributed by atoms with van der Waals surface area (Å²) in [7, 11) is 0. The topological polar surface area (TPSA) is 51.3 Å². The highest BCUT2D eigenvalue weighted by Crippen LogP contribution is 2.32. The Hall–Kier alpha value is -2.37. The second kappa shape index (κ2) is 7.22. The summed E-state index contributed by atoms with van der Waals surface area (Å²) in [5.41, 5.74) is 4.44. The summed E-state index contributed by atoms with van der Waals surface area (Å²) in [6.45, 7) is 9.93. The van der Waals surface area contributed by atoms with Gasteiger partial charge < -0.3 is 5.84 Å². The van der Waals surface area contributed by atoms with Gasteiger partial charge in [0, 0.05) is 42.3 Å². The first-order valence-electron chi connectivity index (χ1n) is 9.72. The molecule has 1 aromatic carbocycles. The summed E-state index contributed by atoms with van der Waals surface area (Å²) < 4.78 is 1.67. The Bertz CT molecular complexity index is 1040. The molecule has 5 heteroatoms. The SMILES string of the molecule is CC(C)(C)CN1CC=C(c2cn(N)c3ccc(C(=O)c4cccs4)cc23)CC1. The fraction of sp³-hybridized carbons (Fsp3) is 0.348. The van der Waals surface area contributed by atoms with Crippen LogP contribution in [0.1, 0.15) is 48.0 Å². The van der Waals surface area contributed by atoms with Gasteiger partial charge in [0.05, 0.1) is 10.4 Å². The van der Waals surface area contributed by atoms with Crippen LogP contribution < -0.4 is 5.84 Å². The first-order valence-corrected chi connectivity index (χ1v) is 10.6. The van der Waals surface area contributed by atoms with E-state index in [1.807, 2.05) is 41.9 Å². The van der Waals surface area contributed by atoms with Gasteiger partial charge >= 0.3 is 0 Å². The molecule has 0 saturated heterocycles. The minimum Gasteiger partial charge on any atom is -0.339 e. The van der Waals surface area contributed by atoms with Crippen LogP contribution in [0.2, 0.25) is 0 Å². The molecule has 0 atom stereocenters. The van der Waals surface area contributed by atoms with E-state index < -0.39 is 0 Å². The van der Waals surface area contributed by atoms with Crippen molar-refractivity contribution in [1.82, 2.24) is 9.58 Å². The number of carbonyl (C=O) groups is 1. The average molecular weight is 394 g/mol. The molecular formula is C23H27N3OS. The molecule has 0 saturated carbocycles. The molecule has 1 aliphatic heterocycles. The number of nitrogens with two attached hydrogens (primary N) is 1. The van der Waals surface area contributed by atoms with Crippen LogP contribution in [0.5, 0.6) is 0 Å². The third-order valence-corrected chi connectivity index (χ3v) is 6.05. The number of hydrogen-bond acceptors (Lipinski definition) is 4. The maximum atomic E-state index is 12.8. The lowest BCUT2D eigenvalue weighted by atomic mass is 9.93. The van der Waals surface area contributed by atoms with Gasteiger partial charge in [-0.05, 0) is 47.1 Å². The van der Waals surface area contributed by atoms with Crippen LogP contribution >= 0.6 is 11.3 Å². The van der Waals surface area contributed by atoms with E-state index >= 15 is 0 Å². The average Bonchev–Trinajstić information content (AvgIpc) is 3.29. The van der Waals surface area contributed by atoms with Crippen molar-refractivity contribution in [2.45, 2.75) is 27.2 Å². The molecule has 0 fully saturated rings. The maximum Gasteiger partial charge on any atom is 0.202 e. The lowest BCUT2D eigenvalue weighted by Crippen LogP contribution is -2.35. The van der Waals surface area contributed by atoms with Crippen LogP contribution in [-0.2, 0) is 0 Å². The molecule has 146 valence electrons. The number of fused-ring (bicyclic) bond motifs is 1. The zero-order valence-corrected chi connectivity index (χ0v) is 17.6. The molecule has 3 heterocycles. The van der Waals surface area contributed by atoms with Crippen molar-refractivity contribution >= 4 is 33.6 Å². The number of carbonyl (C=O) groups excluding carboxylic acids is 1. The minimum absolute atomic E-state index is 0.0709. The summed E-state index contributed by atoms with van der Waals surface area (Å²) in [6, 6.07) is 9.61. The molecule has 4 rings (SSSR count). The van der Waals surface area contributed by atoms with Crippen LogP contribution in [-0.4, -0.2) is 35.0 Å². The molecule has 2 aromatic heterocycles. The Labute approximate surface area is 170 Å². The highest BCUT2D eigenvalue weighted by atomic mass is 32.1. The molecule has 0 unspecified atom stereocenters. The van der Waals surface area contributed by atoms with E-state index in [4.69, 9.17) is 5.84 Å². The number of hydrogen-bond donors (Lipinski definition) is 1. The van der Waals surface area contributed by atoms with Crippen molar-refractivity contribution in [3.8, 4) is 0 Å². The number of aromatic nitrogens is 1. The Balaban J connectivity index is 1.66. The highest BCUT2D eigenvalue weighted by molar-refractivity contribution is 7.12. The Kier molecular flexibility index (Phi) is 4.89. The summed E-state index contributed by atoms with van der Waals surface area (Å²) in [6.07, 6.45) is 5.31. The first-order chi connectivity index (χ1) is 13.3. The standard InChI is InChI=1S/C23H27N3OS/c1-23(2,3)15-25-10-8-16(9-11-25)19-14-26(24)20-7-6-17(13-18(19)20)22(27)21-5-4-12-28-21/h4-8,12-14H,9-11,15,24H2,1-3H3. The van der Waals surface area contributed by atoms with Gasteiger partial charge in [-0.2, -0.15) is 0 Å². The third-order valence-electron chi connectivity index (χ3n) is 5.18. The van der Waals surface area contributed by atoms with Crippen molar-refractivity contribution < 1.29 is 4.79 Å². The normalized spacial score (nSPS) is 15.8. The lowest BCUT2D eigenvalue weighted by Gasteiger charge is -2.32. The van der Waals surface area contributed by atoms with E-state index in [0.29, 0.717) is 11.0 Å². The van der Waals surface area contributed by atoms with Crippen LogP contribution in [0.15, 0.2) is 48.0 Å². The Morgan fingerprint density at radius 1 is 1.25 bits per heavy atom. The van der Waals surface area contributed by atoms with E-state index in [0.717, 1.165) is 47.4 Å². The van der Waals surface area contributed by atoms with E-state index in [9.17, 15) is 4.79 Å². The fourth-order valence-electron chi connectivity index (χ4n) is 3.97. The van der Waals surface area contributed by atoms with Crippen molar-refractivity contribution in [3.05, 3.63) is 64.0 Å². The fourth-order valence-corrected chi connectivity index (χ4v) is 4.66. The predicted octanol–water partition coefficient (Wildman–Crippen LogP) is 4.78. The number of benzene rings is 1. The third kappa shape index (κ3) is 3.77. The second-order valence-corrected chi connectivity index (χ2v) is 9.71. The van der Waals surface area contributed by atoms with Crippen LogP contribution in [0, 0.1) is 5.41 Å². The number of nitrogens with zero attached hydrogens (tertiary/aromatic N) is 2. The Morgan fingerprint density at radius 2 is 2.07 bits per heavy atom. The molecule has 0 aliphatic carbocycles. The molecule has 2 N–H and O–H groups in total. The molecule has 0 amide bonds. The summed E-state index contributed by atoms with van der Waals surface area (Å²) in [5, 5.41) is 2.99. The molecule has 1 aliphatic rings. The number of nitrogen functional groups attached to an aromatic ring is 1. The van der Waals surface area contributed by atoms with Gasteiger partial charge in [-0.15, -0.1) is 11.3 Å². The van der Waals surface area contributed by atoms with Gasteiger partial charge in [0.2, 0.25) is 5.78 Å². The summed E-state index contributed by atoms with van der Waals surface area (Å²) in [4.78, 5) is 16.0. The van der Waals surface area contributed by atoms with Crippen molar-refractivity contribution in [1.29, 1.82) is 0 Å². The molecule has 3 aromatic rings. The molecule has 0 radical (unpaired) electrons. The molecule has 0 spiro atoms. The van der Waals surface area contributed by atoms with Crippen molar-refractivity contribution in [2.75, 3.05) is 25.5 Å². The van der Waals surface area contributed by atoms with Crippen molar-refractivity contribution in [2.24, 2.45) is 5.41 Å². The highest BCUT2D eigenvalue weighted by Gasteiger charge is 2.21. The van der Waals surface area contributed by atoms with Crippen LogP contribution in [0.4, 0.5) is 0 Å². The van der Waals surface area contributed by atoms with Gasteiger partial charge in [-0.3, -0.25) is 14.4 Å². The zero-order chi connectivity index (χ0) is 19.9. The van der Waals surface area contributed by atoms with Crippen LogP contribution in [0.25, 0.3) is 16.5 Å². The van der Waals surface area contributed by atoms with Crippen molar-refractivity contribution in [3.63, 3.8) is 0 Å². The summed E-state index contributed by atoms with van der Waals surface area (Å²) >= 11 is 1.48. The summed E-state index contributed by atoms with van der Waals surface area (Å²) in [5.74, 6) is 6.28. The smallest absolute Gasteiger partial charge is 0.202 e. The minimum atomic E-state index is 0.0709. The predicted molar refractivity (Wildman–Crippen MR) is 118 cm³/mol. The molecule has 0 bridgehead atoms. The first kappa shape index (κ1) is 19.0. The van der Waals surface area contributed by atoms with Gasteiger partial charge in [0.1, 0.15) is 0 Å². The maximum absolute atomic E-state index is 12.8. The number of ketones is 1. The number of rotatable bonds is 4. The molecule has 28 heavy (non-hydrogen) atoms. The van der Waals surface area contributed by atoms with Gasteiger partial charge in [-0.25, -0.2) is 0 Å². The van der Waals surface area contributed by atoms with E-state index in [1.165, 1.54) is 16.9 Å². The number of thiophene rings is 1. The lowest BCUT2D eigenvalue weighted by molar-refractivity contribution is 0.104. The largest absolute Gasteiger partial charge is 0.339 e. The van der Waals surface area contributed by atoms with E-state index in [-0.39, 0.29) is 5.78 Å². The second-order valence-electron chi connectivity index (χ2n) is 8.76. The van der Waals surface area contributed by atoms with Crippen LogP contribution in [0.3, 0.4) is 0 Å². The van der Waals surface area contributed by atoms with Gasteiger partial charge in [0.15, 0.2) is 0 Å². The quantitative estimate of drug-likeness (QED) is 0.512. The molecular weight excluding hydrogens is 366 g/mol. The zero-order valence-electron chi connectivity index (χ0n) is 16.7. The van der Waals surface area contributed by atoms with Gasteiger partial charge in [0.25, 0.3) is 0 Å². The monoisotopic (exact) mass is 393 g/mol. The van der Waals surface area contributed by atoms with E-state index in [2.05, 4.69) is 31.7 Å².